The van der Waals surface area contributed by atoms with Crippen LogP contribution in [0.3, 0.4) is 0 Å². The van der Waals surface area contributed by atoms with Crippen LogP contribution in [0.25, 0.3) is 0 Å². The molecule has 0 aromatic carbocycles. The van der Waals surface area contributed by atoms with Gasteiger partial charge in [0.15, 0.2) is 0 Å². The van der Waals surface area contributed by atoms with Crippen molar-refractivity contribution >= 4 is 11.9 Å². The van der Waals surface area contributed by atoms with Crippen molar-refractivity contribution in [3.8, 4) is 0 Å². The number of rotatable bonds is 5. The van der Waals surface area contributed by atoms with Gasteiger partial charge in [-0.1, -0.05) is 26.7 Å². The molecule has 2 aliphatic carbocycles. The standard InChI is InChI=1S/C15H25NO3/c1-14(2)6-4-3-5-11(14)9-12(17)16-10-15(7-8-15)13(18)19/h11H,3-10H2,1-2H3,(H,16,17)(H,18,19). The van der Waals surface area contributed by atoms with Gasteiger partial charge in [-0.2, -0.15) is 0 Å². The molecule has 0 saturated heterocycles. The van der Waals surface area contributed by atoms with Crippen molar-refractivity contribution in [3.63, 3.8) is 0 Å². The van der Waals surface area contributed by atoms with E-state index >= 15 is 0 Å². The molecule has 0 aromatic heterocycles. The van der Waals surface area contributed by atoms with E-state index in [9.17, 15) is 9.59 Å². The molecule has 2 fully saturated rings. The Morgan fingerprint density at radius 2 is 1.89 bits per heavy atom. The topological polar surface area (TPSA) is 66.4 Å². The van der Waals surface area contributed by atoms with Gasteiger partial charge in [-0.05, 0) is 37.0 Å². The highest BCUT2D eigenvalue weighted by Gasteiger charge is 2.50. The summed E-state index contributed by atoms with van der Waals surface area (Å²) in [5.74, 6) is -0.320. The summed E-state index contributed by atoms with van der Waals surface area (Å²) in [5.41, 5.74) is -0.419. The van der Waals surface area contributed by atoms with E-state index in [-0.39, 0.29) is 11.3 Å². The van der Waals surface area contributed by atoms with Crippen LogP contribution in [0.4, 0.5) is 0 Å². The highest BCUT2D eigenvalue weighted by molar-refractivity contribution is 5.81. The lowest BCUT2D eigenvalue weighted by Gasteiger charge is -2.38. The Kier molecular flexibility index (Phi) is 3.88. The minimum Gasteiger partial charge on any atom is -0.481 e. The first-order valence-corrected chi connectivity index (χ1v) is 7.36. The number of carboxylic acid groups (broad SMARTS) is 1. The second-order valence-corrected chi connectivity index (χ2v) is 7.00. The lowest BCUT2D eigenvalue weighted by atomic mass is 9.67. The Bertz CT molecular complexity index is 372. The van der Waals surface area contributed by atoms with Crippen LogP contribution in [0.15, 0.2) is 0 Å². The number of carbonyl (C=O) groups excluding carboxylic acids is 1. The van der Waals surface area contributed by atoms with E-state index in [1.807, 2.05) is 0 Å². The average Bonchev–Trinajstić information content (AvgIpc) is 3.10. The molecule has 19 heavy (non-hydrogen) atoms. The van der Waals surface area contributed by atoms with E-state index in [4.69, 9.17) is 5.11 Å². The van der Waals surface area contributed by atoms with E-state index in [2.05, 4.69) is 19.2 Å². The molecule has 0 heterocycles. The summed E-state index contributed by atoms with van der Waals surface area (Å²) < 4.78 is 0. The molecule has 0 spiro atoms. The summed E-state index contributed by atoms with van der Waals surface area (Å²) >= 11 is 0. The van der Waals surface area contributed by atoms with Crippen LogP contribution in [0, 0.1) is 16.7 Å². The SMILES string of the molecule is CC1(C)CCCCC1CC(=O)NCC1(C(=O)O)CC1. The number of carboxylic acids is 1. The molecule has 0 radical (unpaired) electrons. The third kappa shape index (κ3) is 3.28. The molecule has 2 saturated carbocycles. The van der Waals surface area contributed by atoms with Gasteiger partial charge in [-0.25, -0.2) is 0 Å². The molecule has 0 aliphatic heterocycles. The first kappa shape index (κ1) is 14.4. The van der Waals surface area contributed by atoms with Crippen molar-refractivity contribution in [3.05, 3.63) is 0 Å². The number of amides is 1. The van der Waals surface area contributed by atoms with Crippen LogP contribution in [-0.2, 0) is 9.59 Å². The molecule has 2 rings (SSSR count). The maximum Gasteiger partial charge on any atom is 0.311 e. The third-order valence-corrected chi connectivity index (χ3v) is 5.09. The number of hydrogen-bond acceptors (Lipinski definition) is 2. The van der Waals surface area contributed by atoms with Crippen molar-refractivity contribution < 1.29 is 14.7 Å². The predicted molar refractivity (Wildman–Crippen MR) is 72.7 cm³/mol. The Hall–Kier alpha value is -1.06. The van der Waals surface area contributed by atoms with Gasteiger partial charge < -0.3 is 10.4 Å². The fourth-order valence-electron chi connectivity index (χ4n) is 3.13. The van der Waals surface area contributed by atoms with Crippen LogP contribution in [0.5, 0.6) is 0 Å². The molecule has 1 amide bonds. The maximum atomic E-state index is 12.0. The average molecular weight is 267 g/mol. The van der Waals surface area contributed by atoms with Gasteiger partial charge in [0.1, 0.15) is 0 Å². The molecule has 2 N–H and O–H groups in total. The first-order valence-electron chi connectivity index (χ1n) is 7.36. The molecule has 4 nitrogen and oxygen atoms in total. The molecule has 108 valence electrons. The zero-order valence-electron chi connectivity index (χ0n) is 12.0. The molecule has 1 atom stereocenters. The van der Waals surface area contributed by atoms with Gasteiger partial charge >= 0.3 is 5.97 Å². The molecule has 0 aromatic rings. The van der Waals surface area contributed by atoms with Gasteiger partial charge in [0.05, 0.1) is 5.41 Å². The van der Waals surface area contributed by atoms with E-state index in [0.29, 0.717) is 31.7 Å². The number of nitrogens with one attached hydrogen (secondary N) is 1. The minimum atomic E-state index is -0.772. The first-order chi connectivity index (χ1) is 8.86. The van der Waals surface area contributed by atoms with Crippen LogP contribution in [0.2, 0.25) is 0 Å². The summed E-state index contributed by atoms with van der Waals surface area (Å²) in [4.78, 5) is 23.0. The highest BCUT2D eigenvalue weighted by atomic mass is 16.4. The summed E-state index contributed by atoms with van der Waals surface area (Å²) in [5, 5.41) is 11.9. The zero-order valence-corrected chi connectivity index (χ0v) is 12.0. The quantitative estimate of drug-likeness (QED) is 0.804. The Labute approximate surface area is 115 Å². The van der Waals surface area contributed by atoms with Crippen LogP contribution >= 0.6 is 0 Å². The van der Waals surface area contributed by atoms with Crippen LogP contribution in [-0.4, -0.2) is 23.5 Å². The summed E-state index contributed by atoms with van der Waals surface area (Å²) in [7, 11) is 0. The smallest absolute Gasteiger partial charge is 0.311 e. The predicted octanol–water partition coefficient (Wildman–Crippen LogP) is 2.57. The largest absolute Gasteiger partial charge is 0.481 e. The molecule has 2 aliphatic rings. The van der Waals surface area contributed by atoms with Gasteiger partial charge in [0.25, 0.3) is 0 Å². The molecule has 1 unspecified atom stereocenters. The summed E-state index contributed by atoms with van der Waals surface area (Å²) in [6.07, 6.45) is 6.69. The van der Waals surface area contributed by atoms with Gasteiger partial charge in [0.2, 0.25) is 5.91 Å². The van der Waals surface area contributed by atoms with E-state index in [1.165, 1.54) is 19.3 Å². The van der Waals surface area contributed by atoms with E-state index in [0.717, 1.165) is 6.42 Å². The minimum absolute atomic E-state index is 0.0208. The van der Waals surface area contributed by atoms with Crippen LogP contribution < -0.4 is 5.32 Å². The molecule has 0 bridgehead atoms. The van der Waals surface area contributed by atoms with E-state index in [1.54, 1.807) is 0 Å². The Morgan fingerprint density at radius 1 is 1.21 bits per heavy atom. The maximum absolute atomic E-state index is 12.0. The second-order valence-electron chi connectivity index (χ2n) is 7.00. The fraction of sp³-hybridized carbons (Fsp3) is 0.867. The van der Waals surface area contributed by atoms with Crippen molar-refractivity contribution in [2.24, 2.45) is 16.7 Å². The van der Waals surface area contributed by atoms with Crippen molar-refractivity contribution in [2.75, 3.05) is 6.54 Å². The monoisotopic (exact) mass is 267 g/mol. The highest BCUT2D eigenvalue weighted by Crippen LogP contribution is 2.45. The third-order valence-electron chi connectivity index (χ3n) is 5.09. The Balaban J connectivity index is 1.80. The molecular weight excluding hydrogens is 242 g/mol. The van der Waals surface area contributed by atoms with Gasteiger partial charge in [-0.15, -0.1) is 0 Å². The fourth-order valence-corrected chi connectivity index (χ4v) is 3.13. The summed E-state index contributed by atoms with van der Waals surface area (Å²) in [6, 6.07) is 0. The normalized spacial score (nSPS) is 27.6. The van der Waals surface area contributed by atoms with Crippen molar-refractivity contribution in [2.45, 2.75) is 58.8 Å². The zero-order chi connectivity index (χ0) is 14.1. The van der Waals surface area contributed by atoms with Crippen molar-refractivity contribution in [1.29, 1.82) is 0 Å². The molecule has 4 heteroatoms. The van der Waals surface area contributed by atoms with Crippen molar-refractivity contribution in [1.82, 2.24) is 5.32 Å². The number of carbonyl (C=O) groups is 2. The number of hydrogen-bond donors (Lipinski definition) is 2. The van der Waals surface area contributed by atoms with Gasteiger partial charge in [0, 0.05) is 13.0 Å². The summed E-state index contributed by atoms with van der Waals surface area (Å²) in [6.45, 7) is 4.78. The number of aliphatic carboxylic acids is 1. The van der Waals surface area contributed by atoms with E-state index < -0.39 is 11.4 Å². The van der Waals surface area contributed by atoms with Crippen LogP contribution in [0.1, 0.15) is 58.8 Å². The second kappa shape index (κ2) is 5.14. The lowest BCUT2D eigenvalue weighted by Crippen LogP contribution is -2.37. The Morgan fingerprint density at radius 3 is 2.42 bits per heavy atom. The lowest BCUT2D eigenvalue weighted by molar-refractivity contribution is -0.143. The molecular formula is C15H25NO3. The van der Waals surface area contributed by atoms with Gasteiger partial charge in [-0.3, -0.25) is 9.59 Å².